The van der Waals surface area contributed by atoms with E-state index in [1.54, 1.807) is 15.4 Å². The van der Waals surface area contributed by atoms with Crippen molar-refractivity contribution in [3.8, 4) is 11.4 Å². The molecule has 0 atom stereocenters. The Morgan fingerprint density at radius 3 is 2.30 bits per heavy atom. The molecule has 0 aliphatic carbocycles. The van der Waals surface area contributed by atoms with E-state index in [2.05, 4.69) is 4.98 Å². The Balaban J connectivity index is 2.11. The molecule has 0 spiro atoms. The van der Waals surface area contributed by atoms with Crippen LogP contribution in [0.5, 0.6) is 0 Å². The molecule has 0 N–H and O–H groups in total. The fourth-order valence-corrected chi connectivity index (χ4v) is 3.46. The minimum Gasteiger partial charge on any atom is -0.283 e. The standard InChI is InChI=1S/C21H20N4O2/c1-4-18-22-17-13-9-8-12-16(17)20(26)24(18)19-14(2)23(3)25(21(19)27)15-10-6-5-7-11-15/h5-13H,4H2,1-3H3. The number of rotatable bonds is 3. The van der Waals surface area contributed by atoms with Gasteiger partial charge in [-0.05, 0) is 31.2 Å². The first-order chi connectivity index (χ1) is 13.0. The first-order valence-corrected chi connectivity index (χ1v) is 8.89. The van der Waals surface area contributed by atoms with Crippen molar-refractivity contribution in [3.05, 3.63) is 86.8 Å². The highest BCUT2D eigenvalue weighted by Crippen LogP contribution is 2.16. The predicted octanol–water partition coefficient (Wildman–Crippen LogP) is 2.75. The van der Waals surface area contributed by atoms with Gasteiger partial charge < -0.3 is 0 Å². The zero-order valence-electron chi connectivity index (χ0n) is 15.5. The lowest BCUT2D eigenvalue weighted by molar-refractivity contribution is 0.630. The summed E-state index contributed by atoms with van der Waals surface area (Å²) in [4.78, 5) is 31.2. The quantitative estimate of drug-likeness (QED) is 0.564. The summed E-state index contributed by atoms with van der Waals surface area (Å²) < 4.78 is 4.82. The molecule has 6 heteroatoms. The Morgan fingerprint density at radius 1 is 0.926 bits per heavy atom. The van der Waals surface area contributed by atoms with Gasteiger partial charge in [0.2, 0.25) is 0 Å². The predicted molar refractivity (Wildman–Crippen MR) is 106 cm³/mol. The van der Waals surface area contributed by atoms with Gasteiger partial charge >= 0.3 is 0 Å². The molecule has 2 aromatic carbocycles. The van der Waals surface area contributed by atoms with Gasteiger partial charge in [-0.25, -0.2) is 9.67 Å². The van der Waals surface area contributed by atoms with Crippen molar-refractivity contribution in [2.24, 2.45) is 7.05 Å². The molecule has 136 valence electrons. The molecule has 2 aromatic heterocycles. The van der Waals surface area contributed by atoms with Gasteiger partial charge in [0.25, 0.3) is 11.1 Å². The maximum Gasteiger partial charge on any atom is 0.296 e. The maximum absolute atomic E-state index is 13.3. The summed E-state index contributed by atoms with van der Waals surface area (Å²) in [7, 11) is 1.82. The first kappa shape index (κ1) is 17.0. The summed E-state index contributed by atoms with van der Waals surface area (Å²) in [6, 6.07) is 16.6. The zero-order valence-corrected chi connectivity index (χ0v) is 15.5. The number of para-hydroxylation sites is 2. The summed E-state index contributed by atoms with van der Waals surface area (Å²) in [6.45, 7) is 3.78. The molecule has 4 aromatic rings. The lowest BCUT2D eigenvalue weighted by Crippen LogP contribution is -2.29. The Morgan fingerprint density at radius 2 is 1.59 bits per heavy atom. The van der Waals surface area contributed by atoms with E-state index in [-0.39, 0.29) is 11.1 Å². The summed E-state index contributed by atoms with van der Waals surface area (Å²) >= 11 is 0. The van der Waals surface area contributed by atoms with E-state index in [1.807, 2.05) is 69.4 Å². The number of hydrogen-bond donors (Lipinski definition) is 0. The molecule has 27 heavy (non-hydrogen) atoms. The van der Waals surface area contributed by atoms with Gasteiger partial charge in [-0.15, -0.1) is 0 Å². The summed E-state index contributed by atoms with van der Waals surface area (Å²) in [5, 5.41) is 0.503. The third kappa shape index (κ3) is 2.52. The largest absolute Gasteiger partial charge is 0.296 e. The lowest BCUT2D eigenvalue weighted by Gasteiger charge is -2.11. The number of hydrogen-bond acceptors (Lipinski definition) is 3. The topological polar surface area (TPSA) is 61.8 Å². The van der Waals surface area contributed by atoms with E-state index in [9.17, 15) is 9.59 Å². The average molecular weight is 360 g/mol. The molecule has 0 aliphatic heterocycles. The molecule has 0 saturated heterocycles. The van der Waals surface area contributed by atoms with Crippen LogP contribution in [0.4, 0.5) is 0 Å². The van der Waals surface area contributed by atoms with Crippen LogP contribution in [0, 0.1) is 6.92 Å². The van der Waals surface area contributed by atoms with Gasteiger partial charge in [-0.2, -0.15) is 0 Å². The van der Waals surface area contributed by atoms with Crippen LogP contribution in [-0.4, -0.2) is 18.9 Å². The molecule has 2 heterocycles. The van der Waals surface area contributed by atoms with Crippen molar-refractivity contribution in [2.75, 3.05) is 0 Å². The highest BCUT2D eigenvalue weighted by Gasteiger charge is 2.22. The third-order valence-corrected chi connectivity index (χ3v) is 4.91. The van der Waals surface area contributed by atoms with Crippen LogP contribution in [0.3, 0.4) is 0 Å². The fraction of sp³-hybridized carbons (Fsp3) is 0.190. The summed E-state index contributed by atoms with van der Waals surface area (Å²) in [6.07, 6.45) is 0.541. The van der Waals surface area contributed by atoms with Crippen LogP contribution in [0.2, 0.25) is 0 Å². The van der Waals surface area contributed by atoms with E-state index in [0.717, 1.165) is 5.69 Å². The van der Waals surface area contributed by atoms with E-state index in [0.29, 0.717) is 34.5 Å². The summed E-state index contributed by atoms with van der Waals surface area (Å²) in [5.41, 5.74) is 1.99. The SMILES string of the molecule is CCc1nc2ccccc2c(=O)n1-c1c(C)n(C)n(-c2ccccc2)c1=O. The molecule has 6 nitrogen and oxygen atoms in total. The number of benzene rings is 2. The highest BCUT2D eigenvalue weighted by molar-refractivity contribution is 5.77. The molecule has 0 amide bonds. The minimum atomic E-state index is -0.241. The van der Waals surface area contributed by atoms with Crippen molar-refractivity contribution in [3.63, 3.8) is 0 Å². The second kappa shape index (κ2) is 6.39. The molecule has 0 bridgehead atoms. The number of aryl methyl sites for hydroxylation is 1. The van der Waals surface area contributed by atoms with Crippen molar-refractivity contribution < 1.29 is 0 Å². The molecule has 0 saturated carbocycles. The molecular formula is C21H20N4O2. The monoisotopic (exact) mass is 360 g/mol. The van der Waals surface area contributed by atoms with Crippen LogP contribution in [0.25, 0.3) is 22.3 Å². The van der Waals surface area contributed by atoms with Gasteiger partial charge in [-0.3, -0.25) is 18.8 Å². The first-order valence-electron chi connectivity index (χ1n) is 8.89. The second-order valence-electron chi connectivity index (χ2n) is 6.45. The van der Waals surface area contributed by atoms with E-state index >= 15 is 0 Å². The lowest BCUT2D eigenvalue weighted by atomic mass is 10.2. The minimum absolute atomic E-state index is 0.219. The van der Waals surface area contributed by atoms with Crippen LogP contribution >= 0.6 is 0 Å². The Bertz CT molecular complexity index is 1260. The smallest absolute Gasteiger partial charge is 0.283 e. The van der Waals surface area contributed by atoms with E-state index in [1.165, 1.54) is 4.57 Å². The molecule has 0 unspecified atom stereocenters. The van der Waals surface area contributed by atoms with E-state index < -0.39 is 0 Å². The number of nitrogens with zero attached hydrogens (tertiary/aromatic N) is 4. The van der Waals surface area contributed by atoms with Crippen LogP contribution in [0.1, 0.15) is 18.4 Å². The van der Waals surface area contributed by atoms with Crippen molar-refractivity contribution in [1.82, 2.24) is 18.9 Å². The second-order valence-corrected chi connectivity index (χ2v) is 6.45. The highest BCUT2D eigenvalue weighted by atomic mass is 16.1. The normalized spacial score (nSPS) is 11.2. The molecular weight excluding hydrogens is 340 g/mol. The van der Waals surface area contributed by atoms with Gasteiger partial charge in [-0.1, -0.05) is 37.3 Å². The van der Waals surface area contributed by atoms with Crippen LogP contribution in [-0.2, 0) is 13.5 Å². The van der Waals surface area contributed by atoms with Gasteiger partial charge in [0.1, 0.15) is 11.5 Å². The molecule has 0 aliphatic rings. The van der Waals surface area contributed by atoms with Gasteiger partial charge in [0.05, 0.1) is 22.3 Å². The Labute approximate surface area is 155 Å². The fourth-order valence-electron chi connectivity index (χ4n) is 3.46. The number of fused-ring (bicyclic) bond motifs is 1. The number of aromatic nitrogens is 4. The maximum atomic E-state index is 13.3. The summed E-state index contributed by atoms with van der Waals surface area (Å²) in [5.74, 6) is 0.574. The average Bonchev–Trinajstić information content (AvgIpc) is 2.91. The van der Waals surface area contributed by atoms with E-state index in [4.69, 9.17) is 0 Å². The van der Waals surface area contributed by atoms with Crippen LogP contribution < -0.4 is 11.1 Å². The Kier molecular flexibility index (Phi) is 4.03. The van der Waals surface area contributed by atoms with Crippen molar-refractivity contribution in [2.45, 2.75) is 20.3 Å². The molecule has 0 fully saturated rings. The van der Waals surface area contributed by atoms with Gasteiger partial charge in [0.15, 0.2) is 0 Å². The molecule has 0 radical (unpaired) electrons. The Hall–Kier alpha value is -3.41. The van der Waals surface area contributed by atoms with Crippen LogP contribution in [0.15, 0.2) is 64.2 Å². The van der Waals surface area contributed by atoms with Gasteiger partial charge in [0, 0.05) is 13.5 Å². The van der Waals surface area contributed by atoms with Crippen molar-refractivity contribution in [1.29, 1.82) is 0 Å². The third-order valence-electron chi connectivity index (χ3n) is 4.91. The van der Waals surface area contributed by atoms with Crippen molar-refractivity contribution >= 4 is 10.9 Å². The zero-order chi connectivity index (χ0) is 19.1. The molecule has 4 rings (SSSR count).